The molecule has 0 spiro atoms. The van der Waals surface area contributed by atoms with Gasteiger partial charge < -0.3 is 4.74 Å². The first-order valence-corrected chi connectivity index (χ1v) is 9.46. The Labute approximate surface area is 180 Å². The summed E-state index contributed by atoms with van der Waals surface area (Å²) < 4.78 is 80.2. The van der Waals surface area contributed by atoms with E-state index in [1.54, 1.807) is 0 Å². The first-order chi connectivity index (χ1) is 15.0. The highest BCUT2D eigenvalue weighted by Crippen LogP contribution is 2.29. The molecule has 0 fully saturated rings. The van der Waals surface area contributed by atoms with Gasteiger partial charge in [-0.05, 0) is 48.2 Å². The Balaban J connectivity index is 1.90. The lowest BCUT2D eigenvalue weighted by Crippen LogP contribution is -2.20. The fraction of sp³-hybridized carbons (Fsp3) is 0.318. The molecule has 1 atom stereocenters. The van der Waals surface area contributed by atoms with Crippen molar-refractivity contribution in [3.8, 4) is 0 Å². The second-order valence-corrected chi connectivity index (χ2v) is 6.73. The zero-order valence-corrected chi connectivity index (χ0v) is 17.0. The lowest BCUT2D eigenvalue weighted by atomic mass is 10.1. The number of benzene rings is 2. The van der Waals surface area contributed by atoms with Crippen LogP contribution in [0.5, 0.6) is 0 Å². The van der Waals surface area contributed by atoms with Crippen molar-refractivity contribution >= 4 is 18.4 Å². The predicted octanol–water partition coefficient (Wildman–Crippen LogP) is 5.58. The molecule has 2 rings (SSSR count). The van der Waals surface area contributed by atoms with Crippen LogP contribution >= 0.6 is 0 Å². The van der Waals surface area contributed by atoms with E-state index in [4.69, 9.17) is 4.74 Å². The molecule has 0 N–H and O–H groups in total. The van der Waals surface area contributed by atoms with Crippen molar-refractivity contribution in [3.05, 3.63) is 70.8 Å². The molecule has 0 saturated heterocycles. The van der Waals surface area contributed by atoms with E-state index in [0.29, 0.717) is 24.1 Å². The molecule has 2 aromatic rings. The van der Waals surface area contributed by atoms with Gasteiger partial charge in [-0.15, -0.1) is 0 Å². The van der Waals surface area contributed by atoms with Crippen molar-refractivity contribution in [1.82, 2.24) is 0 Å². The van der Waals surface area contributed by atoms with Crippen LogP contribution in [0.15, 0.2) is 58.5 Å². The summed E-state index contributed by atoms with van der Waals surface area (Å²) in [5.41, 5.74) is -0.637. The smallest absolute Gasteiger partial charge is 0.416 e. The number of hydrogen-bond acceptors (Lipinski definition) is 4. The molecule has 0 amide bonds. The van der Waals surface area contributed by atoms with Crippen LogP contribution in [-0.4, -0.2) is 38.1 Å². The van der Waals surface area contributed by atoms with E-state index in [1.165, 1.54) is 43.8 Å². The number of alkyl halides is 6. The molecule has 0 radical (unpaired) electrons. The Hall–Kier alpha value is -3.17. The number of hydrogen-bond donors (Lipinski definition) is 0. The first kappa shape index (κ1) is 25.1. The number of esters is 1. The highest BCUT2D eigenvalue weighted by Gasteiger charge is 2.30. The Kier molecular flexibility index (Phi) is 8.56. The van der Waals surface area contributed by atoms with Gasteiger partial charge in [0.05, 0.1) is 18.2 Å². The number of halogens is 6. The quantitative estimate of drug-likeness (QED) is 0.224. The maximum absolute atomic E-state index is 12.6. The molecule has 2 aromatic carbocycles. The van der Waals surface area contributed by atoms with Gasteiger partial charge in [0.25, 0.3) is 0 Å². The molecule has 10 heteroatoms. The fourth-order valence-corrected chi connectivity index (χ4v) is 2.63. The SMILES string of the molecule is COC(=O)C(CCCN=Cc1ccc(C(F)(F)F)cc1)N=Cc1ccc(C(F)(F)F)cc1. The van der Waals surface area contributed by atoms with Crippen molar-refractivity contribution in [2.75, 3.05) is 13.7 Å². The number of rotatable bonds is 8. The van der Waals surface area contributed by atoms with E-state index in [9.17, 15) is 31.1 Å². The van der Waals surface area contributed by atoms with Crippen LogP contribution < -0.4 is 0 Å². The van der Waals surface area contributed by atoms with E-state index < -0.39 is 35.5 Å². The third kappa shape index (κ3) is 7.82. The van der Waals surface area contributed by atoms with Gasteiger partial charge in [-0.2, -0.15) is 26.3 Å². The van der Waals surface area contributed by atoms with Gasteiger partial charge in [0, 0.05) is 19.0 Å². The second-order valence-electron chi connectivity index (χ2n) is 6.73. The van der Waals surface area contributed by atoms with Gasteiger partial charge in [0.1, 0.15) is 6.04 Å². The lowest BCUT2D eigenvalue weighted by molar-refractivity contribution is -0.142. The minimum Gasteiger partial charge on any atom is -0.467 e. The topological polar surface area (TPSA) is 51.0 Å². The summed E-state index contributed by atoms with van der Waals surface area (Å²) in [6.45, 7) is 0.296. The predicted molar refractivity (Wildman–Crippen MR) is 108 cm³/mol. The fourth-order valence-electron chi connectivity index (χ4n) is 2.63. The van der Waals surface area contributed by atoms with E-state index in [0.717, 1.165) is 24.3 Å². The molecule has 0 aliphatic rings. The minimum absolute atomic E-state index is 0.272. The van der Waals surface area contributed by atoms with Crippen LogP contribution in [0.2, 0.25) is 0 Å². The van der Waals surface area contributed by atoms with Gasteiger partial charge in [0.15, 0.2) is 0 Å². The Morgan fingerprint density at radius 2 is 1.34 bits per heavy atom. The van der Waals surface area contributed by atoms with Crippen LogP contribution in [0.4, 0.5) is 26.3 Å². The molecule has 0 aliphatic heterocycles. The van der Waals surface area contributed by atoms with Crippen LogP contribution in [-0.2, 0) is 21.9 Å². The van der Waals surface area contributed by atoms with Crippen molar-refractivity contribution < 1.29 is 35.9 Å². The molecule has 0 aliphatic carbocycles. The lowest BCUT2D eigenvalue weighted by Gasteiger charge is -2.09. The molecule has 0 aromatic heterocycles. The normalized spacial score (nSPS) is 13.6. The third-order valence-electron chi connectivity index (χ3n) is 4.36. The third-order valence-corrected chi connectivity index (χ3v) is 4.36. The van der Waals surface area contributed by atoms with Crippen LogP contribution in [0, 0.1) is 0 Å². The summed E-state index contributed by atoms with van der Waals surface area (Å²) >= 11 is 0. The molecule has 32 heavy (non-hydrogen) atoms. The highest BCUT2D eigenvalue weighted by molar-refractivity contribution is 5.84. The van der Waals surface area contributed by atoms with Crippen molar-refractivity contribution in [1.29, 1.82) is 0 Å². The molecular weight excluding hydrogens is 438 g/mol. The molecule has 172 valence electrons. The van der Waals surface area contributed by atoms with Gasteiger partial charge in [-0.25, -0.2) is 4.79 Å². The van der Waals surface area contributed by atoms with Gasteiger partial charge in [-0.1, -0.05) is 24.3 Å². The van der Waals surface area contributed by atoms with Crippen molar-refractivity contribution in [3.63, 3.8) is 0 Å². The van der Waals surface area contributed by atoms with E-state index >= 15 is 0 Å². The Morgan fingerprint density at radius 1 is 0.875 bits per heavy atom. The average Bonchev–Trinajstić information content (AvgIpc) is 2.74. The van der Waals surface area contributed by atoms with Gasteiger partial charge >= 0.3 is 18.3 Å². The molecule has 0 bridgehead atoms. The summed E-state index contributed by atoms with van der Waals surface area (Å²) in [5.74, 6) is -0.597. The second kappa shape index (κ2) is 10.9. The number of ether oxygens (including phenoxy) is 1. The largest absolute Gasteiger partial charge is 0.467 e. The first-order valence-electron chi connectivity index (χ1n) is 9.46. The maximum atomic E-state index is 12.6. The number of carbonyl (C=O) groups is 1. The molecule has 1 unspecified atom stereocenters. The molecule has 0 heterocycles. The number of aliphatic imine (C=N–C) groups is 2. The van der Waals surface area contributed by atoms with E-state index in [1.807, 2.05) is 0 Å². The monoisotopic (exact) mass is 458 g/mol. The highest BCUT2D eigenvalue weighted by atomic mass is 19.4. The summed E-state index contributed by atoms with van der Waals surface area (Å²) in [4.78, 5) is 20.1. The zero-order valence-electron chi connectivity index (χ0n) is 17.0. The van der Waals surface area contributed by atoms with Crippen molar-refractivity contribution in [2.45, 2.75) is 31.2 Å². The average molecular weight is 458 g/mol. The molecular formula is C22H20F6N2O2. The minimum atomic E-state index is -4.44. The Morgan fingerprint density at radius 3 is 1.78 bits per heavy atom. The number of methoxy groups -OCH3 is 1. The summed E-state index contributed by atoms with van der Waals surface area (Å²) in [7, 11) is 1.20. The number of carbonyl (C=O) groups excluding carboxylic acids is 1. The van der Waals surface area contributed by atoms with E-state index in [-0.39, 0.29) is 6.42 Å². The van der Waals surface area contributed by atoms with Crippen molar-refractivity contribution in [2.24, 2.45) is 9.98 Å². The zero-order chi connectivity index (χ0) is 23.8. The molecule has 4 nitrogen and oxygen atoms in total. The van der Waals surface area contributed by atoms with E-state index in [2.05, 4.69) is 9.98 Å². The summed E-state index contributed by atoms with van der Waals surface area (Å²) in [5, 5.41) is 0. The summed E-state index contributed by atoms with van der Waals surface area (Å²) in [6.07, 6.45) is -5.41. The molecule has 0 saturated carbocycles. The van der Waals surface area contributed by atoms with Gasteiger partial charge in [-0.3, -0.25) is 9.98 Å². The standard InChI is InChI=1S/C22H20F6N2O2/c1-32-20(31)19(30-14-16-6-10-18(11-7-16)22(26,27)28)3-2-12-29-13-15-4-8-17(9-5-15)21(23,24)25/h4-11,13-14,19H,2-3,12H2,1H3. The van der Waals surface area contributed by atoms with Crippen LogP contribution in [0.25, 0.3) is 0 Å². The number of nitrogens with zero attached hydrogens (tertiary/aromatic N) is 2. The summed E-state index contributed by atoms with van der Waals surface area (Å²) in [6, 6.07) is 8.01. The van der Waals surface area contributed by atoms with Crippen LogP contribution in [0.3, 0.4) is 0 Å². The maximum Gasteiger partial charge on any atom is 0.416 e. The van der Waals surface area contributed by atoms with Crippen LogP contribution in [0.1, 0.15) is 35.1 Å². The Bertz CT molecular complexity index is 933. The van der Waals surface area contributed by atoms with Gasteiger partial charge in [0.2, 0.25) is 0 Å².